The van der Waals surface area contributed by atoms with Crippen LogP contribution in [0.2, 0.25) is 0 Å². The van der Waals surface area contributed by atoms with Gasteiger partial charge in [-0.1, -0.05) is 18.2 Å². The van der Waals surface area contributed by atoms with Gasteiger partial charge in [0.1, 0.15) is 0 Å². The van der Waals surface area contributed by atoms with Crippen LogP contribution < -0.4 is 15.8 Å². The first-order chi connectivity index (χ1) is 12.9. The topological polar surface area (TPSA) is 97.1 Å². The Morgan fingerprint density at radius 1 is 0.857 bits per heavy atom. The van der Waals surface area contributed by atoms with E-state index >= 15 is 0 Å². The summed E-state index contributed by atoms with van der Waals surface area (Å²) in [5.41, 5.74) is 10.5. The molecule has 0 saturated heterocycles. The number of fused-ring (bicyclic) bond motifs is 2. The molecule has 0 bridgehead atoms. The molecule has 1 aromatic heterocycles. The van der Waals surface area contributed by atoms with Crippen molar-refractivity contribution in [2.75, 3.05) is 22.0 Å². The molecule has 4 rings (SSSR count). The van der Waals surface area contributed by atoms with Crippen molar-refractivity contribution < 1.29 is 8.42 Å². The Bertz CT molecular complexity index is 1260. The van der Waals surface area contributed by atoms with Crippen molar-refractivity contribution in [2.24, 2.45) is 0 Å². The van der Waals surface area contributed by atoms with E-state index in [-0.39, 0.29) is 12.4 Å². The number of para-hydroxylation sites is 1. The van der Waals surface area contributed by atoms with Crippen LogP contribution in [0.1, 0.15) is 0 Å². The first kappa shape index (κ1) is 19.7. The standard InChI is InChI=1S/C20H18N4O2S.ClH/c1-27(25,26)24-15-9-7-14(8-10-15)22-20-16-4-2-3-5-18(16)23-19-12-13(21)6-11-17(19)20;/h2-12,24H,21H2,1H3,(H,22,23);1H. The van der Waals surface area contributed by atoms with E-state index in [1.807, 2.05) is 54.6 Å². The van der Waals surface area contributed by atoms with Crippen molar-refractivity contribution in [1.29, 1.82) is 0 Å². The molecule has 0 aliphatic heterocycles. The zero-order chi connectivity index (χ0) is 19.0. The molecule has 0 fully saturated rings. The van der Waals surface area contributed by atoms with Gasteiger partial charge in [0.2, 0.25) is 10.0 Å². The van der Waals surface area contributed by atoms with Crippen LogP contribution >= 0.6 is 12.4 Å². The van der Waals surface area contributed by atoms with Crippen LogP contribution in [0.25, 0.3) is 21.8 Å². The normalized spacial score (nSPS) is 11.2. The number of nitrogens with two attached hydrogens (primary N) is 1. The fourth-order valence-corrected chi connectivity index (χ4v) is 3.59. The summed E-state index contributed by atoms with van der Waals surface area (Å²) >= 11 is 0. The molecule has 28 heavy (non-hydrogen) atoms. The number of hydrogen-bond acceptors (Lipinski definition) is 5. The third-order valence-electron chi connectivity index (χ3n) is 4.16. The van der Waals surface area contributed by atoms with Crippen LogP contribution in [0.4, 0.5) is 22.7 Å². The average molecular weight is 415 g/mol. The molecule has 0 radical (unpaired) electrons. The van der Waals surface area contributed by atoms with Crippen LogP contribution in [-0.4, -0.2) is 19.7 Å². The minimum atomic E-state index is -3.30. The first-order valence-corrected chi connectivity index (χ1v) is 10.2. The number of halogens is 1. The van der Waals surface area contributed by atoms with Crippen molar-refractivity contribution >= 4 is 67.0 Å². The predicted molar refractivity (Wildman–Crippen MR) is 119 cm³/mol. The third-order valence-corrected chi connectivity index (χ3v) is 4.77. The molecule has 0 amide bonds. The molecule has 8 heteroatoms. The van der Waals surface area contributed by atoms with Crippen molar-refractivity contribution in [1.82, 2.24) is 4.98 Å². The molecule has 3 aromatic carbocycles. The molecule has 1 heterocycles. The maximum Gasteiger partial charge on any atom is 0.229 e. The van der Waals surface area contributed by atoms with E-state index in [1.54, 1.807) is 12.1 Å². The lowest BCUT2D eigenvalue weighted by Gasteiger charge is -2.14. The Morgan fingerprint density at radius 3 is 2.21 bits per heavy atom. The Kier molecular flexibility index (Phi) is 5.31. The number of rotatable bonds is 4. The maximum atomic E-state index is 11.4. The number of nitrogen functional groups attached to an aromatic ring is 1. The fraction of sp³-hybridized carbons (Fsp3) is 0.0500. The Morgan fingerprint density at radius 2 is 1.50 bits per heavy atom. The van der Waals surface area contributed by atoms with E-state index in [0.29, 0.717) is 11.4 Å². The van der Waals surface area contributed by atoms with Gasteiger partial charge in [0.05, 0.1) is 23.0 Å². The second-order valence-corrected chi connectivity index (χ2v) is 8.11. The van der Waals surface area contributed by atoms with Gasteiger partial charge in [-0.15, -0.1) is 12.4 Å². The molecule has 4 N–H and O–H groups in total. The summed E-state index contributed by atoms with van der Waals surface area (Å²) in [6.45, 7) is 0. The molecule has 0 spiro atoms. The highest BCUT2D eigenvalue weighted by Crippen LogP contribution is 2.34. The number of pyridine rings is 1. The van der Waals surface area contributed by atoms with Gasteiger partial charge in [-0.3, -0.25) is 4.72 Å². The molecule has 0 unspecified atom stereocenters. The number of anilines is 4. The van der Waals surface area contributed by atoms with Gasteiger partial charge in [0, 0.05) is 27.8 Å². The smallest absolute Gasteiger partial charge is 0.229 e. The van der Waals surface area contributed by atoms with E-state index in [2.05, 4.69) is 10.0 Å². The number of benzene rings is 3. The van der Waals surface area contributed by atoms with E-state index in [9.17, 15) is 8.42 Å². The van der Waals surface area contributed by atoms with Gasteiger partial charge in [0.15, 0.2) is 0 Å². The Labute approximate surface area is 169 Å². The zero-order valence-corrected chi connectivity index (χ0v) is 16.6. The SMILES string of the molecule is CS(=O)(=O)Nc1ccc(Nc2c3ccccc3nc3cc(N)ccc23)cc1.Cl. The number of hydrogen-bond donors (Lipinski definition) is 3. The van der Waals surface area contributed by atoms with Gasteiger partial charge in [-0.25, -0.2) is 13.4 Å². The number of sulfonamides is 1. The molecule has 144 valence electrons. The molecule has 0 atom stereocenters. The van der Waals surface area contributed by atoms with Crippen molar-refractivity contribution in [3.63, 3.8) is 0 Å². The van der Waals surface area contributed by atoms with Crippen LogP contribution in [0.5, 0.6) is 0 Å². The minimum Gasteiger partial charge on any atom is -0.399 e. The minimum absolute atomic E-state index is 0. The predicted octanol–water partition coefficient (Wildman–Crippen LogP) is 4.51. The maximum absolute atomic E-state index is 11.4. The van der Waals surface area contributed by atoms with Crippen LogP contribution in [0.15, 0.2) is 66.7 Å². The van der Waals surface area contributed by atoms with Crippen LogP contribution in [0.3, 0.4) is 0 Å². The molecule has 0 aliphatic carbocycles. The zero-order valence-electron chi connectivity index (χ0n) is 15.0. The van der Waals surface area contributed by atoms with E-state index in [4.69, 9.17) is 10.7 Å². The van der Waals surface area contributed by atoms with Crippen molar-refractivity contribution in [3.8, 4) is 0 Å². The lowest BCUT2D eigenvalue weighted by atomic mass is 10.1. The monoisotopic (exact) mass is 414 g/mol. The summed E-state index contributed by atoms with van der Waals surface area (Å²) < 4.78 is 25.2. The second-order valence-electron chi connectivity index (χ2n) is 6.36. The highest BCUT2D eigenvalue weighted by Gasteiger charge is 2.10. The number of aromatic nitrogens is 1. The Hall–Kier alpha value is -3.03. The highest BCUT2D eigenvalue weighted by molar-refractivity contribution is 7.92. The summed E-state index contributed by atoms with van der Waals surface area (Å²) in [5, 5.41) is 5.39. The van der Waals surface area contributed by atoms with Crippen molar-refractivity contribution in [3.05, 3.63) is 66.7 Å². The third kappa shape index (κ3) is 4.11. The summed E-state index contributed by atoms with van der Waals surface area (Å²) in [6.07, 6.45) is 1.13. The number of nitrogens with one attached hydrogen (secondary N) is 2. The van der Waals surface area contributed by atoms with E-state index < -0.39 is 10.0 Å². The Balaban J connectivity index is 0.00000225. The quantitative estimate of drug-likeness (QED) is 0.337. The highest BCUT2D eigenvalue weighted by atomic mass is 35.5. The average Bonchev–Trinajstić information content (AvgIpc) is 2.61. The first-order valence-electron chi connectivity index (χ1n) is 8.32. The summed E-state index contributed by atoms with van der Waals surface area (Å²) in [4.78, 5) is 4.70. The van der Waals surface area contributed by atoms with Gasteiger partial charge in [-0.2, -0.15) is 0 Å². The van der Waals surface area contributed by atoms with Gasteiger partial charge >= 0.3 is 0 Å². The molecule has 0 aliphatic rings. The summed E-state index contributed by atoms with van der Waals surface area (Å²) in [6, 6.07) is 20.6. The molecule has 6 nitrogen and oxygen atoms in total. The van der Waals surface area contributed by atoms with Crippen LogP contribution in [-0.2, 0) is 10.0 Å². The van der Waals surface area contributed by atoms with E-state index in [1.165, 1.54) is 0 Å². The van der Waals surface area contributed by atoms with Gasteiger partial charge in [-0.05, 0) is 48.5 Å². The van der Waals surface area contributed by atoms with Crippen LogP contribution in [0, 0.1) is 0 Å². The van der Waals surface area contributed by atoms with E-state index in [0.717, 1.165) is 39.4 Å². The van der Waals surface area contributed by atoms with Gasteiger partial charge in [0.25, 0.3) is 0 Å². The van der Waals surface area contributed by atoms with Crippen molar-refractivity contribution in [2.45, 2.75) is 0 Å². The summed E-state index contributed by atoms with van der Waals surface area (Å²) in [5.74, 6) is 0. The molecular formula is C20H19ClN4O2S. The lowest BCUT2D eigenvalue weighted by Crippen LogP contribution is -2.09. The fourth-order valence-electron chi connectivity index (χ4n) is 3.02. The molecule has 4 aromatic rings. The molecular weight excluding hydrogens is 396 g/mol. The molecule has 0 saturated carbocycles. The number of nitrogens with zero attached hydrogens (tertiary/aromatic N) is 1. The lowest BCUT2D eigenvalue weighted by molar-refractivity contribution is 0.607. The second kappa shape index (κ2) is 7.53. The van der Waals surface area contributed by atoms with Gasteiger partial charge < -0.3 is 11.1 Å². The summed E-state index contributed by atoms with van der Waals surface area (Å²) in [7, 11) is -3.30. The largest absolute Gasteiger partial charge is 0.399 e.